The Hall–Kier alpha value is -3.05. The summed E-state index contributed by atoms with van der Waals surface area (Å²) in [6.07, 6.45) is 1.77. The number of phenolic OH excluding ortho intramolecular Hbond substituents is 1. The van der Waals surface area contributed by atoms with E-state index in [1.54, 1.807) is 12.3 Å². The van der Waals surface area contributed by atoms with Crippen LogP contribution in [0.25, 0.3) is 22.4 Å². The van der Waals surface area contributed by atoms with Crippen LogP contribution >= 0.6 is 15.9 Å². The fourth-order valence-corrected chi connectivity index (χ4v) is 3.15. The summed E-state index contributed by atoms with van der Waals surface area (Å²) in [5, 5.41) is 17.7. The van der Waals surface area contributed by atoms with Gasteiger partial charge in [-0.2, -0.15) is 5.10 Å². The molecule has 27 heavy (non-hydrogen) atoms. The molecule has 4 rings (SSSR count). The first-order chi connectivity index (χ1) is 13.2. The fraction of sp³-hybridized carbons (Fsp3) is 0.0455. The van der Waals surface area contributed by atoms with E-state index < -0.39 is 0 Å². The van der Waals surface area contributed by atoms with E-state index in [4.69, 9.17) is 4.74 Å². The van der Waals surface area contributed by atoms with E-state index in [0.717, 1.165) is 26.9 Å². The number of ether oxygens (including phenoxy) is 1. The van der Waals surface area contributed by atoms with Gasteiger partial charge in [0.25, 0.3) is 0 Å². The molecule has 0 atom stereocenters. The summed E-state index contributed by atoms with van der Waals surface area (Å²) < 4.78 is 6.83. The Morgan fingerprint density at radius 2 is 1.70 bits per heavy atom. The highest BCUT2D eigenvalue weighted by molar-refractivity contribution is 9.10. The molecule has 3 aromatic carbocycles. The summed E-state index contributed by atoms with van der Waals surface area (Å²) in [6, 6.07) is 23.2. The van der Waals surface area contributed by atoms with E-state index >= 15 is 0 Å². The van der Waals surface area contributed by atoms with Crippen molar-refractivity contribution >= 4 is 15.9 Å². The molecule has 0 spiro atoms. The largest absolute Gasteiger partial charge is 0.507 e. The first kappa shape index (κ1) is 17.4. The van der Waals surface area contributed by atoms with Crippen molar-refractivity contribution in [2.75, 3.05) is 0 Å². The van der Waals surface area contributed by atoms with E-state index in [1.165, 1.54) is 0 Å². The van der Waals surface area contributed by atoms with Gasteiger partial charge in [0.2, 0.25) is 0 Å². The minimum atomic E-state index is 0.143. The van der Waals surface area contributed by atoms with Crippen molar-refractivity contribution < 1.29 is 9.84 Å². The maximum atomic E-state index is 10.5. The minimum Gasteiger partial charge on any atom is -0.507 e. The first-order valence-corrected chi connectivity index (χ1v) is 9.29. The van der Waals surface area contributed by atoms with Gasteiger partial charge in [0, 0.05) is 21.7 Å². The van der Waals surface area contributed by atoms with Crippen molar-refractivity contribution in [1.82, 2.24) is 10.2 Å². The fourth-order valence-electron chi connectivity index (χ4n) is 2.89. The van der Waals surface area contributed by atoms with Crippen LogP contribution in [-0.2, 0) is 6.61 Å². The molecule has 4 aromatic rings. The zero-order chi connectivity index (χ0) is 18.6. The normalized spacial score (nSPS) is 10.7. The number of halogens is 1. The highest BCUT2D eigenvalue weighted by atomic mass is 79.9. The van der Waals surface area contributed by atoms with E-state index in [-0.39, 0.29) is 5.75 Å². The highest BCUT2D eigenvalue weighted by Crippen LogP contribution is 2.37. The first-order valence-electron chi connectivity index (χ1n) is 8.50. The quantitative estimate of drug-likeness (QED) is 0.429. The lowest BCUT2D eigenvalue weighted by Crippen LogP contribution is -1.95. The van der Waals surface area contributed by atoms with Gasteiger partial charge in [-0.1, -0.05) is 58.4 Å². The highest BCUT2D eigenvalue weighted by Gasteiger charge is 2.14. The van der Waals surface area contributed by atoms with E-state index in [2.05, 4.69) is 26.1 Å². The number of aromatic nitrogens is 2. The molecule has 2 N–H and O–H groups in total. The van der Waals surface area contributed by atoms with Crippen LogP contribution in [0.4, 0.5) is 0 Å². The van der Waals surface area contributed by atoms with Crippen LogP contribution in [0.5, 0.6) is 11.5 Å². The van der Waals surface area contributed by atoms with Crippen LogP contribution in [0, 0.1) is 0 Å². The smallest absolute Gasteiger partial charge is 0.128 e. The second-order valence-corrected chi connectivity index (χ2v) is 7.03. The molecule has 4 nitrogen and oxygen atoms in total. The predicted octanol–water partition coefficient (Wildman–Crippen LogP) is 5.79. The molecule has 0 unspecified atom stereocenters. The molecule has 0 aliphatic rings. The molecule has 0 aliphatic heterocycles. The summed E-state index contributed by atoms with van der Waals surface area (Å²) in [5.74, 6) is 0.754. The van der Waals surface area contributed by atoms with Gasteiger partial charge in [-0.15, -0.1) is 0 Å². The number of nitrogens with one attached hydrogen (secondary N) is 1. The Labute approximate surface area is 165 Å². The van der Waals surface area contributed by atoms with E-state index in [0.29, 0.717) is 17.9 Å². The Balaban J connectivity index is 1.56. The number of hydrogen-bond acceptors (Lipinski definition) is 3. The number of nitrogens with zero attached hydrogens (tertiary/aromatic N) is 1. The van der Waals surface area contributed by atoms with Crippen molar-refractivity contribution in [3.63, 3.8) is 0 Å². The standard InChI is InChI=1S/C22H17BrN2O2/c23-17-8-6-15(7-9-17)14-27-18-10-11-19(21(26)12-18)22-20(13-24-25-22)16-4-2-1-3-5-16/h1-13,26H,14H2,(H,24,25). The molecule has 0 amide bonds. The second kappa shape index (κ2) is 7.68. The summed E-state index contributed by atoms with van der Waals surface area (Å²) in [6.45, 7) is 0.436. The van der Waals surface area contributed by atoms with Gasteiger partial charge in [-0.05, 0) is 35.4 Å². The number of hydrogen-bond donors (Lipinski definition) is 2. The number of aromatic hydroxyl groups is 1. The van der Waals surface area contributed by atoms with Crippen LogP contribution in [0.3, 0.4) is 0 Å². The van der Waals surface area contributed by atoms with Crippen LogP contribution in [0.15, 0.2) is 83.5 Å². The lowest BCUT2D eigenvalue weighted by Gasteiger charge is -2.10. The van der Waals surface area contributed by atoms with Gasteiger partial charge >= 0.3 is 0 Å². The summed E-state index contributed by atoms with van der Waals surface area (Å²) >= 11 is 3.42. The average molecular weight is 421 g/mol. The Morgan fingerprint density at radius 1 is 0.926 bits per heavy atom. The van der Waals surface area contributed by atoms with Gasteiger partial charge < -0.3 is 9.84 Å². The van der Waals surface area contributed by atoms with Gasteiger partial charge in [-0.3, -0.25) is 5.10 Å². The minimum absolute atomic E-state index is 0.143. The maximum absolute atomic E-state index is 10.5. The van der Waals surface area contributed by atoms with Crippen LogP contribution in [-0.4, -0.2) is 15.3 Å². The Kier molecular flexibility index (Phi) is 4.94. The maximum Gasteiger partial charge on any atom is 0.128 e. The molecule has 0 fully saturated rings. The van der Waals surface area contributed by atoms with Crippen molar-refractivity contribution in [1.29, 1.82) is 0 Å². The molecular formula is C22H17BrN2O2. The number of H-pyrrole nitrogens is 1. The topological polar surface area (TPSA) is 58.1 Å². The molecule has 1 heterocycles. The third kappa shape index (κ3) is 3.88. The van der Waals surface area contributed by atoms with Crippen LogP contribution < -0.4 is 4.74 Å². The lowest BCUT2D eigenvalue weighted by molar-refractivity contribution is 0.304. The van der Waals surface area contributed by atoms with Gasteiger partial charge in [0.05, 0.1) is 11.9 Å². The van der Waals surface area contributed by atoms with E-state index in [1.807, 2.05) is 66.7 Å². The van der Waals surface area contributed by atoms with Crippen molar-refractivity contribution in [3.8, 4) is 33.9 Å². The number of aromatic amines is 1. The second-order valence-electron chi connectivity index (χ2n) is 6.12. The molecule has 134 valence electrons. The molecule has 0 saturated heterocycles. The molecule has 1 aromatic heterocycles. The third-order valence-corrected chi connectivity index (χ3v) is 4.81. The molecule has 0 radical (unpaired) electrons. The summed E-state index contributed by atoms with van der Waals surface area (Å²) in [4.78, 5) is 0. The third-order valence-electron chi connectivity index (χ3n) is 4.28. The number of phenols is 1. The van der Waals surface area contributed by atoms with Gasteiger partial charge in [0.15, 0.2) is 0 Å². The Morgan fingerprint density at radius 3 is 2.44 bits per heavy atom. The van der Waals surface area contributed by atoms with E-state index in [9.17, 15) is 5.11 Å². The number of rotatable bonds is 5. The molecule has 5 heteroatoms. The molecular weight excluding hydrogens is 404 g/mol. The van der Waals surface area contributed by atoms with Crippen molar-refractivity contribution in [3.05, 3.63) is 89.0 Å². The number of benzene rings is 3. The van der Waals surface area contributed by atoms with Gasteiger partial charge in [0.1, 0.15) is 18.1 Å². The van der Waals surface area contributed by atoms with Crippen LogP contribution in [0.2, 0.25) is 0 Å². The monoisotopic (exact) mass is 420 g/mol. The van der Waals surface area contributed by atoms with Crippen LogP contribution in [0.1, 0.15) is 5.56 Å². The Bertz CT molecular complexity index is 1040. The predicted molar refractivity (Wildman–Crippen MR) is 110 cm³/mol. The molecule has 0 aliphatic carbocycles. The molecule has 0 saturated carbocycles. The zero-order valence-corrected chi connectivity index (χ0v) is 16.0. The average Bonchev–Trinajstić information content (AvgIpc) is 3.18. The van der Waals surface area contributed by atoms with Gasteiger partial charge in [-0.25, -0.2) is 0 Å². The zero-order valence-electron chi connectivity index (χ0n) is 14.4. The molecule has 0 bridgehead atoms. The SMILES string of the molecule is Oc1cc(OCc2ccc(Br)cc2)ccc1-c1[nH]ncc1-c1ccccc1. The van der Waals surface area contributed by atoms with Crippen molar-refractivity contribution in [2.24, 2.45) is 0 Å². The van der Waals surface area contributed by atoms with Crippen molar-refractivity contribution in [2.45, 2.75) is 6.61 Å². The lowest BCUT2D eigenvalue weighted by atomic mass is 10.0. The summed E-state index contributed by atoms with van der Waals surface area (Å²) in [7, 11) is 0. The summed E-state index contributed by atoms with van der Waals surface area (Å²) in [5.41, 5.74) is 4.49.